The van der Waals surface area contributed by atoms with Gasteiger partial charge in [0.1, 0.15) is 13.2 Å². The summed E-state index contributed by atoms with van der Waals surface area (Å²) in [5.74, 6) is -0.209. The van der Waals surface area contributed by atoms with Crippen LogP contribution < -0.4 is 5.32 Å². The molecule has 3 atom stereocenters. The van der Waals surface area contributed by atoms with E-state index < -0.39 is 20.0 Å². The molecule has 0 saturated carbocycles. The van der Waals surface area contributed by atoms with Crippen molar-refractivity contribution >= 4 is 13.7 Å². The Morgan fingerprint density at radius 2 is 0.910 bits per heavy atom. The summed E-state index contributed by atoms with van der Waals surface area (Å²) in [6.45, 7) is 4.63. The second-order valence-electron chi connectivity index (χ2n) is 18.5. The van der Waals surface area contributed by atoms with Crippen LogP contribution in [0.5, 0.6) is 0 Å². The average Bonchev–Trinajstić information content (AvgIpc) is 3.29. The third-order valence-electron chi connectivity index (χ3n) is 10.9. The molecular weight excluding hydrogens is 852 g/mol. The van der Waals surface area contributed by atoms with Crippen LogP contribution >= 0.6 is 7.82 Å². The summed E-state index contributed by atoms with van der Waals surface area (Å²) in [6.07, 6.45) is 71.4. The molecule has 3 unspecified atom stereocenters. The van der Waals surface area contributed by atoms with E-state index in [9.17, 15) is 19.4 Å². The van der Waals surface area contributed by atoms with Gasteiger partial charge in [-0.3, -0.25) is 13.8 Å². The molecular formula is C58H100N2O6P+. The van der Waals surface area contributed by atoms with Crippen LogP contribution in [0.15, 0.2) is 122 Å². The van der Waals surface area contributed by atoms with Crippen molar-refractivity contribution in [2.75, 3.05) is 40.9 Å². The molecule has 0 aliphatic rings. The maximum Gasteiger partial charge on any atom is 0.472 e. The maximum atomic E-state index is 12.9. The molecule has 0 aliphatic carbocycles. The average molecular weight is 952 g/mol. The van der Waals surface area contributed by atoms with Crippen molar-refractivity contribution in [3.63, 3.8) is 0 Å². The van der Waals surface area contributed by atoms with Gasteiger partial charge in [0, 0.05) is 6.42 Å². The zero-order chi connectivity index (χ0) is 49.2. The largest absolute Gasteiger partial charge is 0.472 e. The minimum atomic E-state index is -4.37. The molecule has 9 heteroatoms. The molecule has 0 radical (unpaired) electrons. The van der Waals surface area contributed by atoms with Crippen LogP contribution in [0.3, 0.4) is 0 Å². The van der Waals surface area contributed by atoms with E-state index in [-0.39, 0.29) is 19.1 Å². The van der Waals surface area contributed by atoms with E-state index >= 15 is 0 Å². The molecule has 0 bridgehead atoms. The number of allylic oxidation sites excluding steroid dienone is 19. The van der Waals surface area contributed by atoms with E-state index in [0.29, 0.717) is 17.4 Å². The predicted molar refractivity (Wildman–Crippen MR) is 290 cm³/mol. The normalized spacial score (nSPS) is 15.0. The van der Waals surface area contributed by atoms with Gasteiger partial charge in [0.25, 0.3) is 0 Å². The first kappa shape index (κ1) is 63.9. The zero-order valence-corrected chi connectivity index (χ0v) is 44.2. The van der Waals surface area contributed by atoms with E-state index in [2.05, 4.69) is 129 Å². The van der Waals surface area contributed by atoms with E-state index in [1.165, 1.54) is 64.2 Å². The Balaban J connectivity index is 4.36. The van der Waals surface area contributed by atoms with Crippen LogP contribution in [-0.4, -0.2) is 73.4 Å². The van der Waals surface area contributed by atoms with E-state index in [4.69, 9.17) is 9.05 Å². The Bertz CT molecular complexity index is 1500. The molecule has 0 heterocycles. The first-order chi connectivity index (χ1) is 32.5. The number of hydrogen-bond acceptors (Lipinski definition) is 5. The summed E-state index contributed by atoms with van der Waals surface area (Å²) in [7, 11) is 1.52. The van der Waals surface area contributed by atoms with E-state index in [1.807, 2.05) is 27.2 Å². The summed E-state index contributed by atoms with van der Waals surface area (Å²) in [5, 5.41) is 13.8. The number of aliphatic hydroxyl groups is 1. The Hall–Kier alpha value is -3.10. The van der Waals surface area contributed by atoms with Gasteiger partial charge >= 0.3 is 7.82 Å². The van der Waals surface area contributed by atoms with Gasteiger partial charge in [-0.05, 0) is 103 Å². The minimum Gasteiger partial charge on any atom is -0.387 e. The van der Waals surface area contributed by atoms with Crippen molar-refractivity contribution in [2.45, 2.75) is 199 Å². The highest BCUT2D eigenvalue weighted by molar-refractivity contribution is 7.47. The van der Waals surface area contributed by atoms with Gasteiger partial charge < -0.3 is 19.8 Å². The van der Waals surface area contributed by atoms with E-state index in [0.717, 1.165) is 103 Å². The number of unbranched alkanes of at least 4 members (excludes halogenated alkanes) is 15. The van der Waals surface area contributed by atoms with Crippen molar-refractivity contribution in [3.05, 3.63) is 122 Å². The van der Waals surface area contributed by atoms with Gasteiger partial charge in [-0.2, -0.15) is 0 Å². The summed E-state index contributed by atoms with van der Waals surface area (Å²) in [6, 6.07) is -0.885. The van der Waals surface area contributed by atoms with Crippen molar-refractivity contribution < 1.29 is 32.9 Å². The van der Waals surface area contributed by atoms with Crippen LogP contribution in [-0.2, 0) is 18.4 Å². The SMILES string of the molecule is CC/C=C\C/C=C\C/C=C\C/C=C\C/C=C\C/C=C\C/C=C\CCCCCCCCCC(=O)NC(COP(=O)(O)OCC[N+](C)(C)C)C(O)/C=C/CC/C=C/CC/C=C/CCCCCCCC. The molecule has 0 spiro atoms. The minimum absolute atomic E-state index is 0.0442. The number of rotatable bonds is 46. The monoisotopic (exact) mass is 952 g/mol. The van der Waals surface area contributed by atoms with Crippen molar-refractivity contribution in [3.8, 4) is 0 Å². The zero-order valence-electron chi connectivity index (χ0n) is 43.3. The lowest BCUT2D eigenvalue weighted by atomic mass is 10.1. The van der Waals surface area contributed by atoms with Gasteiger partial charge in [-0.1, -0.05) is 200 Å². The molecule has 0 aromatic rings. The number of phosphoric ester groups is 1. The fourth-order valence-electron chi connectivity index (χ4n) is 6.76. The quantitative estimate of drug-likeness (QED) is 0.0243. The molecule has 0 aromatic heterocycles. The number of carbonyl (C=O) groups is 1. The maximum absolute atomic E-state index is 12.9. The fraction of sp³-hybridized carbons (Fsp3) is 0.638. The Labute approximate surface area is 412 Å². The lowest BCUT2D eigenvalue weighted by Gasteiger charge is -2.25. The second kappa shape index (κ2) is 47.9. The predicted octanol–water partition coefficient (Wildman–Crippen LogP) is 15.8. The van der Waals surface area contributed by atoms with Crippen LogP contribution in [0, 0.1) is 0 Å². The Morgan fingerprint density at radius 1 is 0.522 bits per heavy atom. The highest BCUT2D eigenvalue weighted by atomic mass is 31.2. The number of carbonyl (C=O) groups excluding carboxylic acids is 1. The topological polar surface area (TPSA) is 105 Å². The first-order valence-corrected chi connectivity index (χ1v) is 27.9. The summed E-state index contributed by atoms with van der Waals surface area (Å²) >= 11 is 0. The second-order valence-corrected chi connectivity index (χ2v) is 19.9. The number of amides is 1. The van der Waals surface area contributed by atoms with Gasteiger partial charge in [-0.25, -0.2) is 4.57 Å². The fourth-order valence-corrected chi connectivity index (χ4v) is 7.49. The highest BCUT2D eigenvalue weighted by Crippen LogP contribution is 2.43. The van der Waals surface area contributed by atoms with Gasteiger partial charge in [0.2, 0.25) is 5.91 Å². The molecule has 0 fully saturated rings. The number of aliphatic hydroxyl groups excluding tert-OH is 1. The molecule has 0 saturated heterocycles. The number of hydrogen-bond donors (Lipinski definition) is 3. The number of nitrogens with zero attached hydrogens (tertiary/aromatic N) is 1. The Kier molecular flexibility index (Phi) is 45.7. The smallest absolute Gasteiger partial charge is 0.387 e. The van der Waals surface area contributed by atoms with Crippen LogP contribution in [0.1, 0.15) is 187 Å². The number of nitrogens with one attached hydrogen (secondary N) is 1. The van der Waals surface area contributed by atoms with Crippen molar-refractivity contribution in [1.29, 1.82) is 0 Å². The first-order valence-electron chi connectivity index (χ1n) is 26.4. The number of quaternary nitrogens is 1. The third-order valence-corrected chi connectivity index (χ3v) is 11.9. The summed E-state index contributed by atoms with van der Waals surface area (Å²) < 4.78 is 23.6. The van der Waals surface area contributed by atoms with Crippen molar-refractivity contribution in [2.24, 2.45) is 0 Å². The molecule has 0 aromatic carbocycles. The standard InChI is InChI=1S/C58H99N2O6P/c1-6-8-10-12-14-16-18-20-22-24-25-26-27-28-29-30-31-32-33-34-35-36-38-40-42-44-46-48-50-52-58(62)59-56(55-66-67(63,64)65-54-53-60(3,4)5)57(61)51-49-47-45-43-41-39-37-23-21-19-17-15-13-11-9-7-2/h8,10,14,16,20-23,25-26,28-29,31-32,34-35,41,43,49,51,56-57,61H,6-7,9,11-13,15,17-19,24,27,30,33,36-40,42,44-48,50,52-55H2,1-5H3,(H-,59,62,63,64)/p+1/b10-8-,16-14-,22-20-,23-21+,26-25-,29-28-,32-31-,35-34-,43-41+,51-49+. The molecule has 3 N–H and O–H groups in total. The van der Waals surface area contributed by atoms with Crippen LogP contribution in [0.2, 0.25) is 0 Å². The molecule has 8 nitrogen and oxygen atoms in total. The van der Waals surface area contributed by atoms with E-state index in [1.54, 1.807) is 6.08 Å². The third kappa shape index (κ3) is 50.6. The highest BCUT2D eigenvalue weighted by Gasteiger charge is 2.27. The number of phosphoric acid groups is 1. The molecule has 382 valence electrons. The van der Waals surface area contributed by atoms with Crippen LogP contribution in [0.4, 0.5) is 0 Å². The lowest BCUT2D eigenvalue weighted by molar-refractivity contribution is -0.870. The molecule has 67 heavy (non-hydrogen) atoms. The van der Waals surface area contributed by atoms with Crippen molar-refractivity contribution in [1.82, 2.24) is 5.32 Å². The number of likely N-dealkylation sites (N-methyl/N-ethyl adjacent to an activating group) is 1. The lowest BCUT2D eigenvalue weighted by Crippen LogP contribution is -2.45. The summed E-state index contributed by atoms with van der Waals surface area (Å²) in [5.41, 5.74) is 0. The molecule has 0 aliphatic heterocycles. The van der Waals surface area contributed by atoms with Gasteiger partial charge in [0.15, 0.2) is 0 Å². The molecule has 1 amide bonds. The van der Waals surface area contributed by atoms with Crippen LogP contribution in [0.25, 0.3) is 0 Å². The van der Waals surface area contributed by atoms with Gasteiger partial charge in [-0.15, -0.1) is 0 Å². The molecule has 0 rings (SSSR count). The Morgan fingerprint density at radius 3 is 1.37 bits per heavy atom. The summed E-state index contributed by atoms with van der Waals surface area (Å²) in [4.78, 5) is 23.2. The van der Waals surface area contributed by atoms with Gasteiger partial charge in [0.05, 0.1) is 39.9 Å².